The molecule has 0 bridgehead atoms. The van der Waals surface area contributed by atoms with Crippen molar-refractivity contribution in [2.24, 2.45) is 5.73 Å². The first kappa shape index (κ1) is 23.9. The number of allylic oxidation sites excluding steroid dienone is 2. The first-order valence-electron chi connectivity index (χ1n) is 7.56. The van der Waals surface area contributed by atoms with Crippen LogP contribution in [0.1, 0.15) is 19.3 Å². The molecule has 2 amide bonds. The van der Waals surface area contributed by atoms with E-state index in [-0.39, 0.29) is 0 Å². The number of halogens is 2. The summed E-state index contributed by atoms with van der Waals surface area (Å²) in [6.07, 6.45) is 7.15. The lowest BCUT2D eigenvalue weighted by atomic mass is 10.2. The fourth-order valence-corrected chi connectivity index (χ4v) is 2.30. The minimum atomic E-state index is -1.35. The number of methoxy groups -OCH3 is 2. The van der Waals surface area contributed by atoms with Gasteiger partial charge in [0.2, 0.25) is 6.10 Å². The highest BCUT2D eigenvalue weighted by atomic mass is 35.5. The number of carbonyl (C=O) groups is 3. The van der Waals surface area contributed by atoms with Crippen molar-refractivity contribution in [2.45, 2.75) is 25.4 Å². The van der Waals surface area contributed by atoms with Gasteiger partial charge in [-0.2, -0.15) is 0 Å². The molecule has 0 heterocycles. The van der Waals surface area contributed by atoms with E-state index in [0.29, 0.717) is 22.2 Å². The number of benzene rings is 1. The average molecular weight is 405 g/mol. The van der Waals surface area contributed by atoms with E-state index in [9.17, 15) is 9.59 Å². The van der Waals surface area contributed by atoms with Gasteiger partial charge in [-0.15, -0.1) is 0 Å². The van der Waals surface area contributed by atoms with Crippen LogP contribution in [-0.2, 0) is 23.9 Å². The summed E-state index contributed by atoms with van der Waals surface area (Å²) in [5, 5.41) is 3.15. The van der Waals surface area contributed by atoms with Crippen LogP contribution < -0.4 is 11.1 Å². The quantitative estimate of drug-likeness (QED) is 0.445. The molecular weight excluding hydrogens is 383 g/mol. The van der Waals surface area contributed by atoms with Crippen molar-refractivity contribution in [1.82, 2.24) is 0 Å². The van der Waals surface area contributed by atoms with E-state index in [1.165, 1.54) is 51.7 Å². The van der Waals surface area contributed by atoms with E-state index in [2.05, 4.69) is 26.9 Å². The van der Waals surface area contributed by atoms with Gasteiger partial charge in [-0.3, -0.25) is 14.4 Å². The van der Waals surface area contributed by atoms with Gasteiger partial charge in [0.1, 0.15) is 0 Å². The number of anilines is 1. The minimum Gasteiger partial charge on any atom is -0.471 e. The van der Waals surface area contributed by atoms with Crippen molar-refractivity contribution in [3.63, 3.8) is 0 Å². The fraction of sp³-hybridized carbons (Fsp3) is 0.353. The Morgan fingerprint density at radius 3 is 1.96 bits per heavy atom. The molecule has 1 aromatic carbocycles. The van der Waals surface area contributed by atoms with Gasteiger partial charge in [0.05, 0.1) is 7.11 Å². The van der Waals surface area contributed by atoms with Crippen LogP contribution in [0, 0.1) is 0 Å². The number of nitrogens with one attached hydrogen (secondary N) is 1. The Labute approximate surface area is 162 Å². The summed E-state index contributed by atoms with van der Waals surface area (Å²) in [5.74, 6) is -1.56. The number of nitrogens with two attached hydrogens (primary N) is 1. The predicted octanol–water partition coefficient (Wildman–Crippen LogP) is 2.95. The second-order valence-corrected chi connectivity index (χ2v) is 5.77. The first-order chi connectivity index (χ1) is 12.3. The molecule has 0 radical (unpaired) electrons. The minimum absolute atomic E-state index is 0.357. The summed E-state index contributed by atoms with van der Waals surface area (Å²) in [6, 6.07) is 4.48. The fourth-order valence-electron chi connectivity index (χ4n) is 1.78. The van der Waals surface area contributed by atoms with Crippen molar-refractivity contribution in [1.29, 1.82) is 0 Å². The third-order valence-corrected chi connectivity index (χ3v) is 3.30. The van der Waals surface area contributed by atoms with Gasteiger partial charge in [0.15, 0.2) is 0 Å². The van der Waals surface area contributed by atoms with Crippen LogP contribution in [0.4, 0.5) is 5.69 Å². The van der Waals surface area contributed by atoms with Gasteiger partial charge >= 0.3 is 0 Å². The molecule has 7 nitrogen and oxygen atoms in total. The largest absolute Gasteiger partial charge is 0.471 e. The second-order valence-electron chi connectivity index (χ2n) is 4.90. The SMILES string of the molecule is C1=CCCC1.COC(C(N)=O)C(=O)Nc1cc(Cl)cc(Cl)c1.COC=O. The molecule has 0 spiro atoms. The third-order valence-electron chi connectivity index (χ3n) is 2.87. The highest BCUT2D eigenvalue weighted by molar-refractivity contribution is 6.35. The molecule has 1 atom stereocenters. The Morgan fingerprint density at radius 1 is 1.15 bits per heavy atom. The van der Waals surface area contributed by atoms with Gasteiger partial charge < -0.3 is 20.5 Å². The van der Waals surface area contributed by atoms with Crippen LogP contribution in [0.3, 0.4) is 0 Å². The number of hydrogen-bond donors (Lipinski definition) is 2. The van der Waals surface area contributed by atoms with Crippen LogP contribution in [-0.4, -0.2) is 38.6 Å². The molecule has 9 heteroatoms. The van der Waals surface area contributed by atoms with Crippen molar-refractivity contribution < 1.29 is 23.9 Å². The summed E-state index contributed by atoms with van der Waals surface area (Å²) in [5.41, 5.74) is 5.34. The highest BCUT2D eigenvalue weighted by Crippen LogP contribution is 2.22. The maximum Gasteiger partial charge on any atom is 0.292 e. The molecule has 0 aromatic heterocycles. The second kappa shape index (κ2) is 14.1. The molecular formula is C17H22Cl2N2O5. The maximum absolute atomic E-state index is 11.6. The molecule has 3 N–H and O–H groups in total. The van der Waals surface area contributed by atoms with Gasteiger partial charge in [-0.25, -0.2) is 0 Å². The van der Waals surface area contributed by atoms with E-state index >= 15 is 0 Å². The number of ether oxygens (including phenoxy) is 2. The molecule has 1 unspecified atom stereocenters. The van der Waals surface area contributed by atoms with Gasteiger partial charge in [-0.05, 0) is 37.5 Å². The number of hydrogen-bond acceptors (Lipinski definition) is 5. The number of rotatable bonds is 5. The van der Waals surface area contributed by atoms with Crippen molar-refractivity contribution in [3.8, 4) is 0 Å². The van der Waals surface area contributed by atoms with Gasteiger partial charge in [0, 0.05) is 22.8 Å². The van der Waals surface area contributed by atoms with E-state index < -0.39 is 17.9 Å². The number of carbonyl (C=O) groups excluding carboxylic acids is 3. The average Bonchev–Trinajstić information content (AvgIpc) is 3.14. The molecule has 1 aliphatic rings. The summed E-state index contributed by atoms with van der Waals surface area (Å²) < 4.78 is 8.51. The molecule has 2 rings (SSSR count). The molecule has 0 saturated heterocycles. The smallest absolute Gasteiger partial charge is 0.292 e. The van der Waals surface area contributed by atoms with Crippen molar-refractivity contribution >= 4 is 47.2 Å². The molecule has 0 saturated carbocycles. The van der Waals surface area contributed by atoms with Crippen LogP contribution in [0.5, 0.6) is 0 Å². The zero-order valence-electron chi connectivity index (χ0n) is 14.5. The molecule has 1 aromatic rings. The maximum atomic E-state index is 11.6. The summed E-state index contributed by atoms with van der Waals surface area (Å²) in [7, 11) is 2.52. The topological polar surface area (TPSA) is 108 Å². The summed E-state index contributed by atoms with van der Waals surface area (Å²) >= 11 is 11.5. The van der Waals surface area contributed by atoms with Crippen LogP contribution in [0.25, 0.3) is 0 Å². The zero-order valence-corrected chi connectivity index (χ0v) is 16.0. The summed E-state index contributed by atoms with van der Waals surface area (Å²) in [6.45, 7) is 0.375. The molecule has 0 fully saturated rings. The number of primary amides is 1. The Bertz CT molecular complexity index is 597. The Hall–Kier alpha value is -2.09. The lowest BCUT2D eigenvalue weighted by molar-refractivity contribution is -0.138. The highest BCUT2D eigenvalue weighted by Gasteiger charge is 2.23. The Balaban J connectivity index is 0.000000566. The van der Waals surface area contributed by atoms with Crippen LogP contribution >= 0.6 is 23.2 Å². The molecule has 144 valence electrons. The van der Waals surface area contributed by atoms with Gasteiger partial charge in [-0.1, -0.05) is 35.4 Å². The normalized spacial score (nSPS) is 12.6. The van der Waals surface area contributed by atoms with Crippen molar-refractivity contribution in [2.75, 3.05) is 19.5 Å². The lowest BCUT2D eigenvalue weighted by Gasteiger charge is -2.12. The monoisotopic (exact) mass is 404 g/mol. The zero-order chi connectivity index (χ0) is 19.9. The Morgan fingerprint density at radius 2 is 1.65 bits per heavy atom. The van der Waals surface area contributed by atoms with E-state index in [0.717, 1.165) is 0 Å². The van der Waals surface area contributed by atoms with Gasteiger partial charge in [0.25, 0.3) is 18.3 Å². The summed E-state index contributed by atoms with van der Waals surface area (Å²) in [4.78, 5) is 31.4. The Kier molecular flexibility index (Phi) is 13.0. The standard InChI is InChI=1S/C10H10Cl2N2O3.C5H8.C2H4O2/c1-17-8(9(13)15)10(16)14-7-3-5(11)2-6(12)4-7;1-2-4-5-3-1;1-4-2-3/h2-4,8H,1H3,(H2,13,15)(H,14,16);1-2H,3-5H2;2H,1H3. The lowest BCUT2D eigenvalue weighted by Crippen LogP contribution is -2.40. The van der Waals surface area contributed by atoms with E-state index in [4.69, 9.17) is 33.7 Å². The van der Waals surface area contributed by atoms with E-state index in [1.54, 1.807) is 0 Å². The van der Waals surface area contributed by atoms with Crippen LogP contribution in [0.2, 0.25) is 10.0 Å². The first-order valence-corrected chi connectivity index (χ1v) is 8.31. The number of amides is 2. The van der Waals surface area contributed by atoms with Crippen LogP contribution in [0.15, 0.2) is 30.4 Å². The molecule has 26 heavy (non-hydrogen) atoms. The molecule has 1 aliphatic carbocycles. The third kappa shape index (κ3) is 10.7. The van der Waals surface area contributed by atoms with Crippen molar-refractivity contribution in [3.05, 3.63) is 40.4 Å². The van der Waals surface area contributed by atoms with E-state index in [1.807, 2.05) is 0 Å². The molecule has 0 aliphatic heterocycles. The predicted molar refractivity (Wildman–Crippen MR) is 101 cm³/mol.